The van der Waals surface area contributed by atoms with E-state index in [2.05, 4.69) is 10.4 Å². The minimum absolute atomic E-state index is 0.164. The van der Waals surface area contributed by atoms with Crippen molar-refractivity contribution in [2.24, 2.45) is 0 Å². The number of anilines is 1. The summed E-state index contributed by atoms with van der Waals surface area (Å²) in [6.07, 6.45) is 3.62. The summed E-state index contributed by atoms with van der Waals surface area (Å²) in [5, 5.41) is 7.54. The third kappa shape index (κ3) is 3.35. The summed E-state index contributed by atoms with van der Waals surface area (Å²) in [6, 6.07) is 9.43. The first-order chi connectivity index (χ1) is 9.63. The summed E-state index contributed by atoms with van der Waals surface area (Å²) >= 11 is 7.88. The molecule has 4 nitrogen and oxygen atoms in total. The van der Waals surface area contributed by atoms with Gasteiger partial charge in [-0.25, -0.2) is 0 Å². The molecule has 2 rings (SSSR count). The smallest absolute Gasteiger partial charge is 0.292 e. The first-order valence-corrected chi connectivity index (χ1v) is 7.99. The molecule has 0 aliphatic carbocycles. The zero-order chi connectivity index (χ0) is 14.5. The number of rotatable bonds is 5. The van der Waals surface area contributed by atoms with E-state index in [4.69, 9.17) is 11.6 Å². The van der Waals surface area contributed by atoms with Crippen LogP contribution in [0, 0.1) is 0 Å². The molecule has 1 aromatic carbocycles. The van der Waals surface area contributed by atoms with Crippen LogP contribution in [0.25, 0.3) is 5.69 Å². The molecule has 0 radical (unpaired) electrons. The first kappa shape index (κ1) is 14.9. The molecule has 0 spiro atoms. The zero-order valence-corrected chi connectivity index (χ0v) is 12.9. The second kappa shape index (κ2) is 6.81. The van der Waals surface area contributed by atoms with E-state index in [-0.39, 0.29) is 16.6 Å². The second-order valence-electron chi connectivity index (χ2n) is 4.43. The summed E-state index contributed by atoms with van der Waals surface area (Å²) in [6.45, 7) is 2.04. The summed E-state index contributed by atoms with van der Waals surface area (Å²) < 4.78 is 1.30. The van der Waals surface area contributed by atoms with Gasteiger partial charge in [0.1, 0.15) is 5.02 Å². The molecule has 0 bridgehead atoms. The van der Waals surface area contributed by atoms with E-state index in [1.54, 1.807) is 18.0 Å². The monoisotopic (exact) mass is 309 g/mol. The molecule has 0 saturated heterocycles. The minimum atomic E-state index is -0.320. The van der Waals surface area contributed by atoms with Gasteiger partial charge in [-0.3, -0.25) is 4.79 Å². The molecule has 20 heavy (non-hydrogen) atoms. The van der Waals surface area contributed by atoms with Crippen LogP contribution in [0.2, 0.25) is 5.02 Å². The van der Waals surface area contributed by atoms with Crippen molar-refractivity contribution in [2.75, 3.05) is 17.3 Å². The summed E-state index contributed by atoms with van der Waals surface area (Å²) in [7, 11) is 0. The molecule has 1 unspecified atom stereocenters. The molecule has 1 N–H and O–H groups in total. The Labute approximate surface area is 127 Å². The molecule has 106 valence electrons. The predicted molar refractivity (Wildman–Crippen MR) is 86.3 cm³/mol. The fourth-order valence-corrected chi connectivity index (χ4v) is 2.61. The normalized spacial score (nSPS) is 12.2. The molecule has 0 saturated carbocycles. The summed E-state index contributed by atoms with van der Waals surface area (Å²) in [5.74, 6) is 0.929. The number of benzene rings is 1. The number of nitrogens with zero attached hydrogens (tertiary/aromatic N) is 2. The molecule has 2 aromatic rings. The molecule has 1 atom stereocenters. The molecular formula is C14H16ClN3OS. The fraction of sp³-hybridized carbons (Fsp3) is 0.286. The lowest BCUT2D eigenvalue weighted by Crippen LogP contribution is -2.25. The largest absolute Gasteiger partial charge is 0.379 e. The first-order valence-electron chi connectivity index (χ1n) is 6.22. The maximum absolute atomic E-state index is 12.3. The third-order valence-electron chi connectivity index (χ3n) is 2.74. The second-order valence-corrected chi connectivity index (χ2v) is 5.71. The highest BCUT2D eigenvalue weighted by molar-refractivity contribution is 7.98. The lowest BCUT2D eigenvalue weighted by atomic mass is 10.3. The maximum atomic E-state index is 12.3. The average molecular weight is 310 g/mol. The number of halogens is 1. The third-order valence-corrected chi connectivity index (χ3v) is 3.94. The molecule has 6 heteroatoms. The number of hydrogen-bond acceptors (Lipinski definition) is 4. The maximum Gasteiger partial charge on any atom is 0.292 e. The van der Waals surface area contributed by atoms with E-state index in [1.807, 2.05) is 43.5 Å². The van der Waals surface area contributed by atoms with Crippen LogP contribution in [-0.4, -0.2) is 27.8 Å². The van der Waals surface area contributed by atoms with Gasteiger partial charge in [0.15, 0.2) is 0 Å². The number of thioether (sulfide) groups is 1. The lowest BCUT2D eigenvalue weighted by Gasteiger charge is -2.15. The van der Waals surface area contributed by atoms with Crippen LogP contribution >= 0.6 is 23.4 Å². The van der Waals surface area contributed by atoms with Crippen molar-refractivity contribution in [3.8, 4) is 5.69 Å². The van der Waals surface area contributed by atoms with Crippen molar-refractivity contribution in [1.29, 1.82) is 0 Å². The number of para-hydroxylation sites is 1. The van der Waals surface area contributed by atoms with Gasteiger partial charge in [-0.15, -0.1) is 0 Å². The Morgan fingerprint density at radius 2 is 2.10 bits per heavy atom. The van der Waals surface area contributed by atoms with Gasteiger partial charge < -0.3 is 5.32 Å². The number of hydrogen-bond donors (Lipinski definition) is 1. The topological polar surface area (TPSA) is 46.9 Å². The Morgan fingerprint density at radius 1 is 1.40 bits per heavy atom. The van der Waals surface area contributed by atoms with Gasteiger partial charge in [-0.2, -0.15) is 21.5 Å². The van der Waals surface area contributed by atoms with Gasteiger partial charge in [0.2, 0.25) is 0 Å². The van der Waals surface area contributed by atoms with Crippen LogP contribution in [0.1, 0.15) is 6.92 Å². The Balaban J connectivity index is 2.33. The van der Waals surface area contributed by atoms with E-state index in [0.717, 1.165) is 5.75 Å². The molecular weight excluding hydrogens is 294 g/mol. The van der Waals surface area contributed by atoms with Crippen molar-refractivity contribution in [3.05, 3.63) is 51.9 Å². The molecule has 1 heterocycles. The van der Waals surface area contributed by atoms with E-state index in [9.17, 15) is 4.79 Å². The Kier molecular flexibility index (Phi) is 5.09. The molecule has 0 aliphatic heterocycles. The van der Waals surface area contributed by atoms with Crippen LogP contribution in [0.3, 0.4) is 0 Å². The van der Waals surface area contributed by atoms with Crippen molar-refractivity contribution in [3.63, 3.8) is 0 Å². The van der Waals surface area contributed by atoms with Crippen LogP contribution in [0.4, 0.5) is 5.69 Å². The average Bonchev–Trinajstić information content (AvgIpc) is 2.45. The van der Waals surface area contributed by atoms with Gasteiger partial charge in [-0.1, -0.05) is 29.8 Å². The number of nitrogens with one attached hydrogen (secondary N) is 1. The van der Waals surface area contributed by atoms with Gasteiger partial charge in [0.05, 0.1) is 17.6 Å². The van der Waals surface area contributed by atoms with Crippen molar-refractivity contribution >= 4 is 29.1 Å². The highest BCUT2D eigenvalue weighted by Crippen LogP contribution is 2.18. The highest BCUT2D eigenvalue weighted by atomic mass is 35.5. The lowest BCUT2D eigenvalue weighted by molar-refractivity contribution is 0.802. The van der Waals surface area contributed by atoms with Crippen LogP contribution in [0.15, 0.2) is 41.3 Å². The van der Waals surface area contributed by atoms with Crippen LogP contribution in [0.5, 0.6) is 0 Å². The fourth-order valence-electron chi connectivity index (χ4n) is 1.84. The van der Waals surface area contributed by atoms with Crippen molar-refractivity contribution in [1.82, 2.24) is 9.78 Å². The van der Waals surface area contributed by atoms with Gasteiger partial charge in [0, 0.05) is 11.8 Å². The van der Waals surface area contributed by atoms with E-state index < -0.39 is 0 Å². The van der Waals surface area contributed by atoms with Crippen molar-refractivity contribution < 1.29 is 0 Å². The highest BCUT2D eigenvalue weighted by Gasteiger charge is 2.12. The molecule has 0 fully saturated rings. The van der Waals surface area contributed by atoms with Crippen LogP contribution in [-0.2, 0) is 0 Å². The van der Waals surface area contributed by atoms with Crippen molar-refractivity contribution in [2.45, 2.75) is 13.0 Å². The standard InChI is InChI=1S/C14H16ClN3OS/c1-10(9-20-2)17-12-8-16-18(14(19)13(12)15)11-6-4-3-5-7-11/h3-8,10,17H,9H2,1-2H3. The summed E-state index contributed by atoms with van der Waals surface area (Å²) in [5.41, 5.74) is 0.952. The Morgan fingerprint density at radius 3 is 2.75 bits per heavy atom. The number of aromatic nitrogens is 2. The van der Waals surface area contributed by atoms with Gasteiger partial charge >= 0.3 is 0 Å². The van der Waals surface area contributed by atoms with E-state index in [0.29, 0.717) is 11.4 Å². The van der Waals surface area contributed by atoms with E-state index in [1.165, 1.54) is 4.68 Å². The van der Waals surface area contributed by atoms with Gasteiger partial charge in [-0.05, 0) is 25.3 Å². The molecule has 0 aliphatic rings. The van der Waals surface area contributed by atoms with Gasteiger partial charge in [0.25, 0.3) is 5.56 Å². The Hall–Kier alpha value is -1.46. The minimum Gasteiger partial charge on any atom is -0.379 e. The Bertz CT molecular complexity index is 630. The van der Waals surface area contributed by atoms with E-state index >= 15 is 0 Å². The molecule has 0 amide bonds. The summed E-state index contributed by atoms with van der Waals surface area (Å²) in [4.78, 5) is 12.3. The quantitative estimate of drug-likeness (QED) is 0.922. The zero-order valence-electron chi connectivity index (χ0n) is 11.3. The predicted octanol–water partition coefficient (Wildman–Crippen LogP) is 3.05. The molecule has 1 aromatic heterocycles. The van der Waals surface area contributed by atoms with Crippen LogP contribution < -0.4 is 10.9 Å². The SMILES string of the molecule is CSCC(C)Nc1cnn(-c2ccccc2)c(=O)c1Cl.